The summed E-state index contributed by atoms with van der Waals surface area (Å²) >= 11 is 1.47. The molecule has 37 heavy (non-hydrogen) atoms. The number of rotatable bonds is 9. The maximum atomic E-state index is 15.0. The Bertz CT molecular complexity index is 1350. The van der Waals surface area contributed by atoms with Crippen LogP contribution in [0.15, 0.2) is 78.1 Å². The summed E-state index contributed by atoms with van der Waals surface area (Å²) in [4.78, 5) is 14.5. The number of benzene rings is 2. The van der Waals surface area contributed by atoms with E-state index in [4.69, 9.17) is 9.72 Å². The van der Waals surface area contributed by atoms with Gasteiger partial charge in [-0.1, -0.05) is 44.4 Å². The highest BCUT2D eigenvalue weighted by molar-refractivity contribution is 8.00. The molecule has 0 aliphatic heterocycles. The van der Waals surface area contributed by atoms with Gasteiger partial charge in [0.2, 0.25) is 5.95 Å². The Morgan fingerprint density at radius 3 is 2.70 bits per heavy atom. The highest BCUT2D eigenvalue weighted by atomic mass is 32.2. The van der Waals surface area contributed by atoms with Crippen molar-refractivity contribution < 1.29 is 9.13 Å². The van der Waals surface area contributed by atoms with Crippen LogP contribution in [0.4, 0.5) is 16.0 Å². The van der Waals surface area contributed by atoms with Crippen LogP contribution in [0.3, 0.4) is 0 Å². The molecule has 0 radical (unpaired) electrons. The van der Waals surface area contributed by atoms with Gasteiger partial charge in [0, 0.05) is 41.3 Å². The predicted molar refractivity (Wildman–Crippen MR) is 148 cm³/mol. The highest BCUT2D eigenvalue weighted by Crippen LogP contribution is 2.34. The number of hydrogen-bond acceptors (Lipinski definition) is 7. The summed E-state index contributed by atoms with van der Waals surface area (Å²) in [6.07, 6.45) is 11.9. The SMILES string of the molecule is CCc1ccccc1SNc1ccc(Oc2ccncc2-c2ccnc(NC3CCCCC3)n2)c(F)c1. The van der Waals surface area contributed by atoms with Crippen LogP contribution in [0, 0.1) is 5.82 Å². The fraction of sp³-hybridized carbons (Fsp3) is 0.276. The number of ether oxygens (including phenoxy) is 1. The lowest BCUT2D eigenvalue weighted by Crippen LogP contribution is -2.23. The predicted octanol–water partition coefficient (Wildman–Crippen LogP) is 7.90. The summed E-state index contributed by atoms with van der Waals surface area (Å²) in [5.74, 6) is 0.734. The lowest BCUT2D eigenvalue weighted by Gasteiger charge is -2.22. The molecule has 2 N–H and O–H groups in total. The molecule has 1 saturated carbocycles. The van der Waals surface area contributed by atoms with Crippen molar-refractivity contribution in [3.05, 3.63) is 84.6 Å². The van der Waals surface area contributed by atoms with E-state index in [1.807, 2.05) is 18.2 Å². The topological polar surface area (TPSA) is 72.0 Å². The van der Waals surface area contributed by atoms with E-state index in [1.165, 1.54) is 42.8 Å². The van der Waals surface area contributed by atoms with Gasteiger partial charge in [-0.15, -0.1) is 0 Å². The van der Waals surface area contributed by atoms with E-state index >= 15 is 4.39 Å². The van der Waals surface area contributed by atoms with Gasteiger partial charge in [0.25, 0.3) is 0 Å². The molecule has 2 aromatic heterocycles. The molecule has 1 fully saturated rings. The van der Waals surface area contributed by atoms with Gasteiger partial charge in [-0.25, -0.2) is 14.4 Å². The Balaban J connectivity index is 1.30. The smallest absolute Gasteiger partial charge is 0.223 e. The minimum atomic E-state index is -0.459. The van der Waals surface area contributed by atoms with E-state index in [-0.39, 0.29) is 5.75 Å². The Kier molecular flexibility index (Phi) is 8.15. The number of nitrogens with zero attached hydrogens (tertiary/aromatic N) is 3. The van der Waals surface area contributed by atoms with E-state index in [0.29, 0.717) is 34.7 Å². The largest absolute Gasteiger partial charge is 0.453 e. The van der Waals surface area contributed by atoms with Crippen molar-refractivity contribution in [1.29, 1.82) is 0 Å². The van der Waals surface area contributed by atoms with E-state index in [1.54, 1.807) is 36.8 Å². The average molecular weight is 516 g/mol. The van der Waals surface area contributed by atoms with E-state index in [9.17, 15) is 0 Å². The fourth-order valence-electron chi connectivity index (χ4n) is 4.45. The number of hydrogen-bond donors (Lipinski definition) is 2. The molecule has 0 spiro atoms. The first-order chi connectivity index (χ1) is 18.2. The van der Waals surface area contributed by atoms with Gasteiger partial charge < -0.3 is 14.8 Å². The number of anilines is 2. The standard InChI is InChI=1S/C29H30FN5OS/c1-2-20-8-6-7-11-28(20)37-35-22-12-13-27(24(30)18-22)36-26-15-16-31-19-23(26)25-14-17-32-29(34-25)33-21-9-4-3-5-10-21/h6-8,11-19,21,35H,2-5,9-10H2,1H3,(H,32,33,34). The van der Waals surface area contributed by atoms with Crippen molar-refractivity contribution in [2.45, 2.75) is 56.4 Å². The number of pyridine rings is 1. The van der Waals surface area contributed by atoms with Crippen LogP contribution in [-0.2, 0) is 6.42 Å². The number of halogens is 1. The van der Waals surface area contributed by atoms with Gasteiger partial charge in [-0.3, -0.25) is 4.98 Å². The molecule has 2 aromatic carbocycles. The maximum absolute atomic E-state index is 15.0. The zero-order chi connectivity index (χ0) is 25.5. The first-order valence-electron chi connectivity index (χ1n) is 12.7. The molecular weight excluding hydrogens is 485 g/mol. The number of aromatic nitrogens is 3. The minimum absolute atomic E-state index is 0.131. The number of aryl methyl sites for hydroxylation is 1. The molecule has 4 aromatic rings. The summed E-state index contributed by atoms with van der Waals surface area (Å²) in [7, 11) is 0. The Morgan fingerprint density at radius 2 is 1.86 bits per heavy atom. The van der Waals surface area contributed by atoms with Crippen LogP contribution in [0.2, 0.25) is 0 Å². The van der Waals surface area contributed by atoms with Crippen molar-refractivity contribution in [3.8, 4) is 22.8 Å². The molecular formula is C29H30FN5OS. The molecule has 0 bridgehead atoms. The van der Waals surface area contributed by atoms with Crippen LogP contribution in [0.1, 0.15) is 44.6 Å². The second-order valence-corrected chi connectivity index (χ2v) is 9.88. The molecule has 0 saturated heterocycles. The Morgan fingerprint density at radius 1 is 1.00 bits per heavy atom. The zero-order valence-corrected chi connectivity index (χ0v) is 21.6. The van der Waals surface area contributed by atoms with E-state index in [2.05, 4.69) is 39.1 Å². The molecule has 8 heteroatoms. The second-order valence-electron chi connectivity index (χ2n) is 9.03. The van der Waals surface area contributed by atoms with Crippen molar-refractivity contribution in [3.63, 3.8) is 0 Å². The molecule has 0 atom stereocenters. The number of nitrogens with one attached hydrogen (secondary N) is 2. The lowest BCUT2D eigenvalue weighted by molar-refractivity contribution is 0.443. The summed E-state index contributed by atoms with van der Waals surface area (Å²) in [6.45, 7) is 2.12. The normalized spacial score (nSPS) is 13.8. The van der Waals surface area contributed by atoms with Gasteiger partial charge in [-0.05, 0) is 67.1 Å². The summed E-state index contributed by atoms with van der Waals surface area (Å²) < 4.78 is 24.3. The molecule has 190 valence electrons. The third kappa shape index (κ3) is 6.38. The van der Waals surface area contributed by atoms with Gasteiger partial charge >= 0.3 is 0 Å². The van der Waals surface area contributed by atoms with Gasteiger partial charge in [-0.2, -0.15) is 0 Å². The van der Waals surface area contributed by atoms with Gasteiger partial charge in [0.05, 0.1) is 11.3 Å². The summed E-state index contributed by atoms with van der Waals surface area (Å²) in [6, 6.07) is 17.0. The maximum Gasteiger partial charge on any atom is 0.223 e. The average Bonchev–Trinajstić information content (AvgIpc) is 2.94. The molecule has 0 amide bonds. The molecule has 6 nitrogen and oxygen atoms in total. The van der Waals surface area contributed by atoms with Crippen molar-refractivity contribution in [1.82, 2.24) is 15.0 Å². The van der Waals surface area contributed by atoms with Crippen LogP contribution in [-0.4, -0.2) is 21.0 Å². The quantitative estimate of drug-likeness (QED) is 0.220. The zero-order valence-electron chi connectivity index (χ0n) is 20.8. The Hall–Kier alpha value is -3.65. The van der Waals surface area contributed by atoms with Crippen molar-refractivity contribution in [2.24, 2.45) is 0 Å². The van der Waals surface area contributed by atoms with Gasteiger partial charge in [0.1, 0.15) is 5.75 Å². The molecule has 0 unspecified atom stereocenters. The van der Waals surface area contributed by atoms with Crippen LogP contribution < -0.4 is 14.8 Å². The second kappa shape index (κ2) is 12.1. The summed E-state index contributed by atoms with van der Waals surface area (Å²) in [5, 5.41) is 3.45. The molecule has 5 rings (SSSR count). The lowest BCUT2D eigenvalue weighted by atomic mass is 9.96. The third-order valence-corrected chi connectivity index (χ3v) is 7.39. The van der Waals surface area contributed by atoms with Crippen LogP contribution in [0.5, 0.6) is 11.5 Å². The van der Waals surface area contributed by atoms with Crippen molar-refractivity contribution in [2.75, 3.05) is 10.0 Å². The Labute approximate surface area is 221 Å². The van der Waals surface area contributed by atoms with Crippen LogP contribution in [0.25, 0.3) is 11.3 Å². The monoisotopic (exact) mass is 515 g/mol. The summed E-state index contributed by atoms with van der Waals surface area (Å²) in [5.41, 5.74) is 3.24. The van der Waals surface area contributed by atoms with E-state index < -0.39 is 5.82 Å². The highest BCUT2D eigenvalue weighted by Gasteiger charge is 2.16. The van der Waals surface area contributed by atoms with Crippen molar-refractivity contribution >= 4 is 23.6 Å². The van der Waals surface area contributed by atoms with Gasteiger partial charge in [0.15, 0.2) is 11.6 Å². The first-order valence-corrected chi connectivity index (χ1v) is 13.5. The van der Waals surface area contributed by atoms with E-state index in [0.717, 1.165) is 24.2 Å². The molecule has 2 heterocycles. The van der Waals surface area contributed by atoms with Crippen LogP contribution >= 0.6 is 11.9 Å². The molecule has 1 aliphatic rings. The minimum Gasteiger partial charge on any atom is -0.453 e. The fourth-order valence-corrected chi connectivity index (χ4v) is 5.29. The molecule has 1 aliphatic carbocycles. The first kappa shape index (κ1) is 25.0. The third-order valence-electron chi connectivity index (χ3n) is 6.44.